The summed E-state index contributed by atoms with van der Waals surface area (Å²) in [5.74, 6) is 0.723. The van der Waals surface area contributed by atoms with Crippen LogP contribution in [0.1, 0.15) is 53.6 Å². The maximum absolute atomic E-state index is 12.6. The fourth-order valence-electron chi connectivity index (χ4n) is 4.23. The average Bonchev–Trinajstić information content (AvgIpc) is 2.78. The van der Waals surface area contributed by atoms with Crippen molar-refractivity contribution in [2.24, 2.45) is 11.7 Å². The van der Waals surface area contributed by atoms with E-state index in [0.29, 0.717) is 35.6 Å². The molecule has 3 aromatic rings. The summed E-state index contributed by atoms with van der Waals surface area (Å²) in [6.45, 7) is 0.554. The van der Waals surface area contributed by atoms with Gasteiger partial charge >= 0.3 is 0 Å². The number of rotatable bonds is 7. The molecule has 1 amide bonds. The molecule has 2 aromatic carbocycles. The van der Waals surface area contributed by atoms with Gasteiger partial charge < -0.3 is 11.1 Å². The highest BCUT2D eigenvalue weighted by molar-refractivity contribution is 6.06. The van der Waals surface area contributed by atoms with Crippen LogP contribution in [0.3, 0.4) is 0 Å². The number of nitrogens with two attached hydrogens (primary N) is 1. The lowest BCUT2D eigenvalue weighted by Crippen LogP contribution is -2.19. The fourth-order valence-corrected chi connectivity index (χ4v) is 4.23. The summed E-state index contributed by atoms with van der Waals surface area (Å²) in [6, 6.07) is 13.4. The number of primary amides is 1. The van der Waals surface area contributed by atoms with Gasteiger partial charge in [-0.1, -0.05) is 49.6 Å². The Bertz CT molecular complexity index is 1070. The quantitative estimate of drug-likeness (QED) is 0.622. The second kappa shape index (κ2) is 9.03. The molecule has 1 aromatic heterocycles. The van der Waals surface area contributed by atoms with Crippen molar-refractivity contribution in [3.05, 3.63) is 65.5 Å². The van der Waals surface area contributed by atoms with Gasteiger partial charge in [-0.15, -0.1) is 0 Å². The molecule has 0 saturated heterocycles. The Hall–Kier alpha value is -3.28. The summed E-state index contributed by atoms with van der Waals surface area (Å²) in [5, 5.41) is 4.07. The highest BCUT2D eigenvalue weighted by Crippen LogP contribution is 2.26. The number of fused-ring (bicyclic) bond motifs is 1. The Balaban J connectivity index is 1.47. The summed E-state index contributed by atoms with van der Waals surface area (Å²) in [4.78, 5) is 32.8. The van der Waals surface area contributed by atoms with E-state index < -0.39 is 5.91 Å². The van der Waals surface area contributed by atoms with Gasteiger partial charge in [-0.2, -0.15) is 0 Å². The standard InChI is InChI=1S/C24H26N4O2/c25-23(30)19-10-5-11-20-22(19)27-15-28-24(20)26-14-17-7-4-6-16(12-17)13-21(29)18-8-2-1-3-9-18/h4-7,10-12,15,18H,1-3,8-9,13-14H2,(H2,25,30)(H,26,27,28). The number of benzene rings is 2. The van der Waals surface area contributed by atoms with E-state index in [1.165, 1.54) is 25.6 Å². The Morgan fingerprint density at radius 3 is 2.57 bits per heavy atom. The van der Waals surface area contributed by atoms with Crippen LogP contribution in [0.2, 0.25) is 0 Å². The third kappa shape index (κ3) is 4.48. The number of nitrogens with one attached hydrogen (secondary N) is 1. The molecule has 1 aliphatic rings. The fraction of sp³-hybridized carbons (Fsp3) is 0.333. The second-order valence-electron chi connectivity index (χ2n) is 7.94. The van der Waals surface area contributed by atoms with Crippen LogP contribution in [-0.2, 0) is 17.8 Å². The number of hydrogen-bond acceptors (Lipinski definition) is 5. The molecule has 0 spiro atoms. The number of aromatic nitrogens is 2. The van der Waals surface area contributed by atoms with Crippen LogP contribution in [0, 0.1) is 5.92 Å². The number of nitrogens with zero attached hydrogens (tertiary/aromatic N) is 2. The molecule has 1 aliphatic carbocycles. The first-order valence-corrected chi connectivity index (χ1v) is 10.5. The van der Waals surface area contributed by atoms with Crippen molar-refractivity contribution < 1.29 is 9.59 Å². The average molecular weight is 402 g/mol. The van der Waals surface area contributed by atoms with Crippen LogP contribution in [0.5, 0.6) is 0 Å². The van der Waals surface area contributed by atoms with Crippen molar-refractivity contribution >= 4 is 28.4 Å². The van der Waals surface area contributed by atoms with Crippen LogP contribution in [-0.4, -0.2) is 21.7 Å². The highest BCUT2D eigenvalue weighted by atomic mass is 16.1. The van der Waals surface area contributed by atoms with Crippen molar-refractivity contribution in [1.82, 2.24) is 9.97 Å². The van der Waals surface area contributed by atoms with Crippen LogP contribution >= 0.6 is 0 Å². The lowest BCUT2D eigenvalue weighted by atomic mass is 9.84. The second-order valence-corrected chi connectivity index (χ2v) is 7.94. The Morgan fingerprint density at radius 1 is 1.00 bits per heavy atom. The number of Topliss-reactive ketones (excluding diaryl/α,β-unsaturated/α-hetero) is 1. The van der Waals surface area contributed by atoms with Crippen molar-refractivity contribution in [3.8, 4) is 0 Å². The Kier molecular flexibility index (Phi) is 6.02. The number of carbonyl (C=O) groups is 2. The van der Waals surface area contributed by atoms with Gasteiger partial charge in [0.15, 0.2) is 0 Å². The third-order valence-corrected chi connectivity index (χ3v) is 5.82. The third-order valence-electron chi connectivity index (χ3n) is 5.82. The maximum Gasteiger partial charge on any atom is 0.250 e. The van der Waals surface area contributed by atoms with Gasteiger partial charge in [-0.25, -0.2) is 9.97 Å². The van der Waals surface area contributed by atoms with Gasteiger partial charge in [-0.3, -0.25) is 9.59 Å². The van der Waals surface area contributed by atoms with Gasteiger partial charge in [-0.05, 0) is 36.1 Å². The first-order valence-electron chi connectivity index (χ1n) is 10.5. The van der Waals surface area contributed by atoms with E-state index in [9.17, 15) is 9.59 Å². The molecule has 1 fully saturated rings. The first kappa shape index (κ1) is 20.0. The molecule has 30 heavy (non-hydrogen) atoms. The van der Waals surface area contributed by atoms with Crippen LogP contribution in [0.15, 0.2) is 48.8 Å². The van der Waals surface area contributed by atoms with E-state index >= 15 is 0 Å². The van der Waals surface area contributed by atoms with E-state index in [1.807, 2.05) is 24.3 Å². The van der Waals surface area contributed by atoms with Crippen LogP contribution < -0.4 is 11.1 Å². The van der Waals surface area contributed by atoms with Gasteiger partial charge in [0, 0.05) is 24.3 Å². The minimum absolute atomic E-state index is 0.229. The molecule has 1 saturated carbocycles. The molecule has 0 bridgehead atoms. The molecular weight excluding hydrogens is 376 g/mol. The molecule has 1 heterocycles. The van der Waals surface area contributed by atoms with Crippen molar-refractivity contribution in [3.63, 3.8) is 0 Å². The van der Waals surface area contributed by atoms with Crippen LogP contribution in [0.4, 0.5) is 5.82 Å². The summed E-state index contributed by atoms with van der Waals surface area (Å²) in [7, 11) is 0. The highest BCUT2D eigenvalue weighted by Gasteiger charge is 2.21. The number of ketones is 1. The normalized spacial score (nSPS) is 14.5. The molecule has 154 valence electrons. The zero-order valence-corrected chi connectivity index (χ0v) is 16.9. The lowest BCUT2D eigenvalue weighted by Gasteiger charge is -2.20. The number of hydrogen-bond donors (Lipinski definition) is 2. The molecule has 6 nitrogen and oxygen atoms in total. The Morgan fingerprint density at radius 2 is 1.77 bits per heavy atom. The number of amides is 1. The molecule has 0 unspecified atom stereocenters. The number of carbonyl (C=O) groups excluding carboxylic acids is 2. The van der Waals surface area contributed by atoms with E-state index in [1.54, 1.807) is 12.1 Å². The molecule has 6 heteroatoms. The predicted molar refractivity (Wildman–Crippen MR) is 117 cm³/mol. The van der Waals surface area contributed by atoms with Crippen molar-refractivity contribution in [2.75, 3.05) is 5.32 Å². The van der Waals surface area contributed by atoms with Gasteiger partial charge in [0.2, 0.25) is 0 Å². The SMILES string of the molecule is NC(=O)c1cccc2c(NCc3cccc(CC(=O)C4CCCCC4)c3)ncnc12. The molecular formula is C24H26N4O2. The Labute approximate surface area is 175 Å². The zero-order chi connectivity index (χ0) is 20.9. The summed E-state index contributed by atoms with van der Waals surface area (Å²) < 4.78 is 0. The molecule has 0 radical (unpaired) electrons. The van der Waals surface area contributed by atoms with Gasteiger partial charge in [0.25, 0.3) is 5.91 Å². The zero-order valence-electron chi connectivity index (χ0n) is 16.9. The summed E-state index contributed by atoms with van der Waals surface area (Å²) in [6.07, 6.45) is 7.59. The lowest BCUT2D eigenvalue weighted by molar-refractivity contribution is -0.123. The number of anilines is 1. The molecule has 3 N–H and O–H groups in total. The van der Waals surface area contributed by atoms with Crippen molar-refractivity contribution in [1.29, 1.82) is 0 Å². The maximum atomic E-state index is 12.6. The predicted octanol–water partition coefficient (Wildman–Crippen LogP) is 4.03. The monoisotopic (exact) mass is 402 g/mol. The summed E-state index contributed by atoms with van der Waals surface area (Å²) in [5.41, 5.74) is 8.49. The molecule has 4 rings (SSSR count). The van der Waals surface area contributed by atoms with Crippen molar-refractivity contribution in [2.45, 2.75) is 45.1 Å². The topological polar surface area (TPSA) is 98.0 Å². The smallest absolute Gasteiger partial charge is 0.250 e. The largest absolute Gasteiger partial charge is 0.366 e. The molecule has 0 atom stereocenters. The van der Waals surface area contributed by atoms with E-state index in [-0.39, 0.29) is 5.92 Å². The van der Waals surface area contributed by atoms with Gasteiger partial charge in [0.05, 0.1) is 11.1 Å². The van der Waals surface area contributed by atoms with Crippen LogP contribution in [0.25, 0.3) is 10.9 Å². The van der Waals surface area contributed by atoms with E-state index in [0.717, 1.165) is 29.4 Å². The first-order chi connectivity index (χ1) is 14.6. The van der Waals surface area contributed by atoms with E-state index in [2.05, 4.69) is 21.4 Å². The van der Waals surface area contributed by atoms with E-state index in [4.69, 9.17) is 5.73 Å². The molecule has 0 aliphatic heterocycles. The van der Waals surface area contributed by atoms with Gasteiger partial charge in [0.1, 0.15) is 17.9 Å². The minimum atomic E-state index is -0.513. The minimum Gasteiger partial charge on any atom is -0.366 e. The summed E-state index contributed by atoms with van der Waals surface area (Å²) >= 11 is 0. The number of para-hydroxylation sites is 1.